The van der Waals surface area contributed by atoms with Gasteiger partial charge in [0.15, 0.2) is 0 Å². The molecule has 0 aliphatic carbocycles. The molecule has 6 nitrogen and oxygen atoms in total. The number of amides is 1. The van der Waals surface area contributed by atoms with E-state index in [9.17, 15) is 17.6 Å². The van der Waals surface area contributed by atoms with Crippen molar-refractivity contribution >= 4 is 26.8 Å². The van der Waals surface area contributed by atoms with Gasteiger partial charge in [-0.15, -0.1) is 0 Å². The van der Waals surface area contributed by atoms with E-state index in [1.165, 1.54) is 40.4 Å². The third kappa shape index (κ3) is 4.73. The van der Waals surface area contributed by atoms with E-state index >= 15 is 0 Å². The molecule has 2 heterocycles. The van der Waals surface area contributed by atoms with Gasteiger partial charge in [-0.25, -0.2) is 16.8 Å². The van der Waals surface area contributed by atoms with Crippen LogP contribution in [0.2, 0.25) is 0 Å². The van der Waals surface area contributed by atoms with Gasteiger partial charge < -0.3 is 10.6 Å². The van der Waals surface area contributed by atoms with E-state index in [1.54, 1.807) is 24.4 Å². The minimum atomic E-state index is -3.93. The topological polar surface area (TPSA) is 80.2 Å². The lowest BCUT2D eigenvalue weighted by Gasteiger charge is -2.35. The Kier molecular flexibility index (Phi) is 6.50. The average molecular weight is 540 g/mol. The van der Waals surface area contributed by atoms with Crippen LogP contribution in [0, 0.1) is 11.7 Å². The number of fused-ring (bicyclic) bond motifs is 1. The lowest BCUT2D eigenvalue weighted by molar-refractivity contribution is 0.0909. The Morgan fingerprint density at radius 2 is 1.54 bits per heavy atom. The van der Waals surface area contributed by atoms with Gasteiger partial charge in [0.2, 0.25) is 0 Å². The Bertz CT molecular complexity index is 1750. The molecule has 6 rings (SSSR count). The van der Waals surface area contributed by atoms with Crippen LogP contribution in [0.25, 0.3) is 22.0 Å². The van der Waals surface area contributed by atoms with Crippen molar-refractivity contribution in [3.8, 4) is 11.1 Å². The molecule has 0 radical (unpaired) electrons. The molecule has 8 heteroatoms. The molecule has 196 valence electrons. The van der Waals surface area contributed by atoms with Crippen LogP contribution < -0.4 is 10.6 Å². The SMILES string of the molecule is O=C(NC(c1ccc(F)cc1)C1CNC1)c1ccc(S(=O)(=O)n2cc(-c3ccccc3)c3ccccc32)cc1. The fourth-order valence-corrected chi connectivity index (χ4v) is 6.37. The normalized spacial score (nSPS) is 14.6. The molecule has 1 unspecified atom stereocenters. The molecule has 1 amide bonds. The van der Waals surface area contributed by atoms with Crippen LogP contribution in [-0.4, -0.2) is 31.4 Å². The van der Waals surface area contributed by atoms with E-state index < -0.39 is 10.0 Å². The highest BCUT2D eigenvalue weighted by Crippen LogP contribution is 2.33. The number of hydrogen-bond donors (Lipinski definition) is 2. The standard InChI is InChI=1S/C31H26FN3O3S/c32-25-14-10-22(11-15-25)30(24-18-33-19-24)34-31(36)23-12-16-26(17-13-23)39(37,38)35-20-28(21-6-2-1-3-7-21)27-8-4-5-9-29(27)35/h1-17,20,24,30,33H,18-19H2,(H,34,36). The molecule has 0 saturated carbocycles. The maximum Gasteiger partial charge on any atom is 0.268 e. The third-order valence-electron chi connectivity index (χ3n) is 7.24. The molecule has 0 bridgehead atoms. The largest absolute Gasteiger partial charge is 0.345 e. The lowest BCUT2D eigenvalue weighted by atomic mass is 9.88. The maximum atomic E-state index is 13.7. The second kappa shape index (κ2) is 10.1. The van der Waals surface area contributed by atoms with Crippen molar-refractivity contribution in [1.82, 2.24) is 14.6 Å². The average Bonchev–Trinajstić information content (AvgIpc) is 3.33. The van der Waals surface area contributed by atoms with Gasteiger partial charge in [-0.2, -0.15) is 0 Å². The smallest absolute Gasteiger partial charge is 0.268 e. The van der Waals surface area contributed by atoms with E-state index in [-0.39, 0.29) is 28.6 Å². The van der Waals surface area contributed by atoms with Crippen molar-refractivity contribution in [2.24, 2.45) is 5.92 Å². The lowest BCUT2D eigenvalue weighted by Crippen LogP contribution is -2.50. The molecule has 1 aliphatic rings. The molecular formula is C31H26FN3O3S. The summed E-state index contributed by atoms with van der Waals surface area (Å²) >= 11 is 0. The van der Waals surface area contributed by atoms with Gasteiger partial charge in [-0.1, -0.05) is 60.7 Å². The number of para-hydroxylation sites is 1. The molecule has 1 aliphatic heterocycles. The van der Waals surface area contributed by atoms with Gasteiger partial charge in [-0.05, 0) is 53.6 Å². The van der Waals surface area contributed by atoms with E-state index in [4.69, 9.17) is 0 Å². The van der Waals surface area contributed by atoms with Crippen LogP contribution in [0.15, 0.2) is 114 Å². The summed E-state index contributed by atoms with van der Waals surface area (Å²) in [4.78, 5) is 13.2. The predicted molar refractivity (Wildman–Crippen MR) is 149 cm³/mol. The Hall–Kier alpha value is -4.27. The molecule has 4 aromatic carbocycles. The van der Waals surface area contributed by atoms with Crippen molar-refractivity contribution in [3.05, 3.63) is 126 Å². The molecule has 1 saturated heterocycles. The van der Waals surface area contributed by atoms with Crippen molar-refractivity contribution in [2.45, 2.75) is 10.9 Å². The highest BCUT2D eigenvalue weighted by molar-refractivity contribution is 7.90. The third-order valence-corrected chi connectivity index (χ3v) is 8.92. The van der Waals surface area contributed by atoms with Crippen LogP contribution in [0.3, 0.4) is 0 Å². The molecule has 0 spiro atoms. The summed E-state index contributed by atoms with van der Waals surface area (Å²) in [5.74, 6) is -0.475. The number of benzene rings is 4. The zero-order valence-electron chi connectivity index (χ0n) is 20.9. The van der Waals surface area contributed by atoms with Gasteiger partial charge in [0.25, 0.3) is 15.9 Å². The molecule has 1 atom stereocenters. The second-order valence-corrected chi connectivity index (χ2v) is 11.5. The van der Waals surface area contributed by atoms with Crippen LogP contribution in [0.4, 0.5) is 4.39 Å². The van der Waals surface area contributed by atoms with Crippen LogP contribution in [-0.2, 0) is 10.0 Å². The van der Waals surface area contributed by atoms with Gasteiger partial charge in [0.1, 0.15) is 5.82 Å². The van der Waals surface area contributed by atoms with Gasteiger partial charge in [-0.3, -0.25) is 4.79 Å². The molecule has 1 fully saturated rings. The zero-order valence-corrected chi connectivity index (χ0v) is 21.7. The number of aromatic nitrogens is 1. The first-order chi connectivity index (χ1) is 18.9. The summed E-state index contributed by atoms with van der Waals surface area (Å²) < 4.78 is 42.2. The first-order valence-electron chi connectivity index (χ1n) is 12.7. The maximum absolute atomic E-state index is 13.7. The molecule has 39 heavy (non-hydrogen) atoms. The summed E-state index contributed by atoms with van der Waals surface area (Å²) in [6.45, 7) is 1.49. The monoisotopic (exact) mass is 539 g/mol. The van der Waals surface area contributed by atoms with Gasteiger partial charge in [0.05, 0.1) is 16.5 Å². The van der Waals surface area contributed by atoms with Crippen molar-refractivity contribution in [1.29, 1.82) is 0 Å². The summed E-state index contributed by atoms with van der Waals surface area (Å²) in [6.07, 6.45) is 1.65. The first kappa shape index (κ1) is 25.0. The molecular weight excluding hydrogens is 513 g/mol. The zero-order chi connectivity index (χ0) is 27.0. The quantitative estimate of drug-likeness (QED) is 0.291. The molecule has 2 N–H and O–H groups in total. The minimum absolute atomic E-state index is 0.0812. The van der Waals surface area contributed by atoms with Crippen molar-refractivity contribution in [3.63, 3.8) is 0 Å². The van der Waals surface area contributed by atoms with E-state index in [2.05, 4.69) is 10.6 Å². The Labute approximate surface area is 226 Å². The van der Waals surface area contributed by atoms with Crippen LogP contribution in [0.1, 0.15) is 22.0 Å². The number of carbonyl (C=O) groups excluding carboxylic acids is 1. The summed E-state index contributed by atoms with van der Waals surface area (Å²) in [7, 11) is -3.93. The van der Waals surface area contributed by atoms with Crippen LogP contribution >= 0.6 is 0 Å². The number of halogens is 1. The van der Waals surface area contributed by atoms with E-state index in [1.807, 2.05) is 48.5 Å². The number of carbonyl (C=O) groups is 1. The number of nitrogens with zero attached hydrogens (tertiary/aromatic N) is 1. The highest BCUT2D eigenvalue weighted by atomic mass is 32.2. The van der Waals surface area contributed by atoms with Gasteiger partial charge in [0, 0.05) is 41.7 Å². The molecule has 5 aromatic rings. The molecule has 1 aromatic heterocycles. The van der Waals surface area contributed by atoms with Crippen LogP contribution in [0.5, 0.6) is 0 Å². The predicted octanol–water partition coefficient (Wildman–Crippen LogP) is 5.37. The highest BCUT2D eigenvalue weighted by Gasteiger charge is 2.30. The summed E-state index contributed by atoms with van der Waals surface area (Å²) in [5, 5.41) is 7.09. The minimum Gasteiger partial charge on any atom is -0.345 e. The van der Waals surface area contributed by atoms with Crippen molar-refractivity contribution < 1.29 is 17.6 Å². The number of rotatable bonds is 7. The van der Waals surface area contributed by atoms with Gasteiger partial charge >= 0.3 is 0 Å². The summed E-state index contributed by atoms with van der Waals surface area (Å²) in [5.41, 5.74) is 3.49. The summed E-state index contributed by atoms with van der Waals surface area (Å²) in [6, 6.07) is 28.8. The van der Waals surface area contributed by atoms with Crippen molar-refractivity contribution in [2.75, 3.05) is 13.1 Å². The number of nitrogens with one attached hydrogen (secondary N) is 2. The fraction of sp³-hybridized carbons (Fsp3) is 0.129. The Morgan fingerprint density at radius 3 is 2.21 bits per heavy atom. The van der Waals surface area contributed by atoms with E-state index in [0.29, 0.717) is 11.1 Å². The number of hydrogen-bond acceptors (Lipinski definition) is 4. The fourth-order valence-electron chi connectivity index (χ4n) is 5.00. The second-order valence-electron chi connectivity index (χ2n) is 9.67. The Morgan fingerprint density at radius 1 is 0.872 bits per heavy atom. The van der Waals surface area contributed by atoms with E-state index in [0.717, 1.165) is 35.2 Å². The first-order valence-corrected chi connectivity index (χ1v) is 14.1. The Balaban J connectivity index is 1.29.